The van der Waals surface area contributed by atoms with Gasteiger partial charge >= 0.3 is 5.97 Å². The van der Waals surface area contributed by atoms with Gasteiger partial charge in [0.05, 0.1) is 19.2 Å². The zero-order valence-corrected chi connectivity index (χ0v) is 19.0. The van der Waals surface area contributed by atoms with Crippen LogP contribution in [0.4, 0.5) is 5.69 Å². The van der Waals surface area contributed by atoms with Crippen LogP contribution in [0.25, 0.3) is 0 Å². The van der Waals surface area contributed by atoms with E-state index in [0.29, 0.717) is 29.3 Å². The molecule has 0 saturated carbocycles. The van der Waals surface area contributed by atoms with Crippen LogP contribution >= 0.6 is 0 Å². The second-order valence-corrected chi connectivity index (χ2v) is 7.96. The second kappa shape index (κ2) is 9.65. The van der Waals surface area contributed by atoms with E-state index in [4.69, 9.17) is 9.47 Å². The molecular formula is C29H22N2O4. The average Bonchev–Trinajstić information content (AvgIpc) is 3.27. The highest BCUT2D eigenvalue weighted by Crippen LogP contribution is 2.30. The molecule has 0 aromatic heterocycles. The summed E-state index contributed by atoms with van der Waals surface area (Å²) in [5.74, 6) is 1.19. The van der Waals surface area contributed by atoms with Crippen molar-refractivity contribution in [2.24, 2.45) is 4.99 Å². The zero-order valence-electron chi connectivity index (χ0n) is 19.0. The molecule has 1 heterocycles. The fraction of sp³-hybridized carbons (Fsp3) is 0.0690. The molecule has 0 saturated heterocycles. The standard InChI is InChI=1S/C29H22N2O4/c1-34-29(33)21-11-15-23(16-12-21)31-19-22-7-5-6-10-26(22)27(31)30-28(32)20-13-17-25(18-14-20)35-24-8-3-2-4-9-24/h2-18H,19H2,1H3. The van der Waals surface area contributed by atoms with E-state index in [-0.39, 0.29) is 5.91 Å². The lowest BCUT2D eigenvalue weighted by Gasteiger charge is -2.19. The van der Waals surface area contributed by atoms with Crippen LogP contribution in [0, 0.1) is 0 Å². The number of aliphatic imine (C=N–C) groups is 1. The lowest BCUT2D eigenvalue weighted by Crippen LogP contribution is -2.25. The van der Waals surface area contributed by atoms with Gasteiger partial charge in [-0.25, -0.2) is 4.79 Å². The van der Waals surface area contributed by atoms with E-state index >= 15 is 0 Å². The quantitative estimate of drug-likeness (QED) is 0.347. The molecule has 172 valence electrons. The molecule has 0 radical (unpaired) electrons. The van der Waals surface area contributed by atoms with Crippen LogP contribution in [0.3, 0.4) is 0 Å². The van der Waals surface area contributed by atoms with Gasteiger partial charge in [0, 0.05) is 16.8 Å². The number of esters is 1. The smallest absolute Gasteiger partial charge is 0.337 e. The van der Waals surface area contributed by atoms with Gasteiger partial charge in [-0.2, -0.15) is 4.99 Å². The SMILES string of the molecule is COC(=O)c1ccc(N2Cc3ccccc3C2=NC(=O)c2ccc(Oc3ccccc3)cc2)cc1. The zero-order chi connectivity index (χ0) is 24.2. The van der Waals surface area contributed by atoms with E-state index in [1.54, 1.807) is 36.4 Å². The first-order valence-corrected chi connectivity index (χ1v) is 11.1. The lowest BCUT2D eigenvalue weighted by atomic mass is 10.1. The Balaban J connectivity index is 1.42. The number of fused-ring (bicyclic) bond motifs is 1. The highest BCUT2D eigenvalue weighted by atomic mass is 16.5. The molecule has 1 aliphatic heterocycles. The molecule has 0 fully saturated rings. The van der Waals surface area contributed by atoms with E-state index < -0.39 is 5.97 Å². The molecule has 0 spiro atoms. The van der Waals surface area contributed by atoms with Gasteiger partial charge in [0.15, 0.2) is 0 Å². The highest BCUT2D eigenvalue weighted by Gasteiger charge is 2.27. The Morgan fingerprint density at radius 3 is 2.09 bits per heavy atom. The number of anilines is 1. The molecular weight excluding hydrogens is 440 g/mol. The largest absolute Gasteiger partial charge is 0.465 e. The van der Waals surface area contributed by atoms with E-state index in [2.05, 4.69) is 4.99 Å². The van der Waals surface area contributed by atoms with E-state index in [9.17, 15) is 9.59 Å². The van der Waals surface area contributed by atoms with Gasteiger partial charge in [0.1, 0.15) is 17.3 Å². The van der Waals surface area contributed by atoms with Crippen molar-refractivity contribution in [3.05, 3.63) is 125 Å². The summed E-state index contributed by atoms with van der Waals surface area (Å²) in [5.41, 5.74) is 3.72. The highest BCUT2D eigenvalue weighted by molar-refractivity contribution is 6.18. The van der Waals surface area contributed by atoms with Crippen molar-refractivity contribution < 1.29 is 19.1 Å². The van der Waals surface area contributed by atoms with Gasteiger partial charge < -0.3 is 14.4 Å². The van der Waals surface area contributed by atoms with Crippen molar-refractivity contribution >= 4 is 23.4 Å². The van der Waals surface area contributed by atoms with Crippen LogP contribution in [0.1, 0.15) is 31.8 Å². The first-order valence-electron chi connectivity index (χ1n) is 11.1. The summed E-state index contributed by atoms with van der Waals surface area (Å²) in [4.78, 5) is 31.4. The van der Waals surface area contributed by atoms with Crippen LogP contribution in [0.15, 0.2) is 108 Å². The number of rotatable bonds is 5. The Labute approximate surface area is 203 Å². The minimum atomic E-state index is -0.398. The minimum absolute atomic E-state index is 0.348. The van der Waals surface area contributed by atoms with Crippen LogP contribution in [0.5, 0.6) is 11.5 Å². The van der Waals surface area contributed by atoms with Gasteiger partial charge in [-0.3, -0.25) is 4.79 Å². The molecule has 35 heavy (non-hydrogen) atoms. The van der Waals surface area contributed by atoms with Gasteiger partial charge in [0.25, 0.3) is 5.91 Å². The maximum Gasteiger partial charge on any atom is 0.337 e. The first kappa shape index (κ1) is 22.1. The number of para-hydroxylation sites is 1. The third-order valence-corrected chi connectivity index (χ3v) is 5.73. The summed E-state index contributed by atoms with van der Waals surface area (Å²) in [6, 6.07) is 31.3. The fourth-order valence-corrected chi connectivity index (χ4v) is 3.95. The maximum atomic E-state index is 13.1. The molecule has 1 aliphatic rings. The van der Waals surface area contributed by atoms with Crippen molar-refractivity contribution in [2.75, 3.05) is 12.0 Å². The van der Waals surface area contributed by atoms with Crippen molar-refractivity contribution in [3.8, 4) is 11.5 Å². The number of carbonyl (C=O) groups is 2. The third kappa shape index (κ3) is 4.68. The lowest BCUT2D eigenvalue weighted by molar-refractivity contribution is 0.0600. The van der Waals surface area contributed by atoms with Crippen molar-refractivity contribution in [1.29, 1.82) is 0 Å². The molecule has 6 heteroatoms. The molecule has 0 N–H and O–H groups in total. The van der Waals surface area contributed by atoms with Gasteiger partial charge in [-0.05, 0) is 66.2 Å². The minimum Gasteiger partial charge on any atom is -0.465 e. The molecule has 4 aromatic rings. The molecule has 0 aliphatic carbocycles. The van der Waals surface area contributed by atoms with Gasteiger partial charge in [-0.1, -0.05) is 42.5 Å². The number of amidine groups is 1. The number of hydrogen-bond acceptors (Lipinski definition) is 4. The van der Waals surface area contributed by atoms with Crippen molar-refractivity contribution in [3.63, 3.8) is 0 Å². The number of carbonyl (C=O) groups excluding carboxylic acids is 2. The fourth-order valence-electron chi connectivity index (χ4n) is 3.95. The summed E-state index contributed by atoms with van der Waals surface area (Å²) in [6.45, 7) is 0.573. The summed E-state index contributed by atoms with van der Waals surface area (Å²) >= 11 is 0. The Hall–Kier alpha value is -4.71. The van der Waals surface area contributed by atoms with Crippen LogP contribution in [0.2, 0.25) is 0 Å². The molecule has 4 aromatic carbocycles. The van der Waals surface area contributed by atoms with Crippen LogP contribution in [-0.4, -0.2) is 24.8 Å². The van der Waals surface area contributed by atoms with Crippen molar-refractivity contribution in [1.82, 2.24) is 0 Å². The molecule has 5 rings (SSSR count). The van der Waals surface area contributed by atoms with Crippen LogP contribution < -0.4 is 9.64 Å². The second-order valence-electron chi connectivity index (χ2n) is 7.96. The summed E-state index contributed by atoms with van der Waals surface area (Å²) in [6.07, 6.45) is 0. The molecule has 0 bridgehead atoms. The average molecular weight is 463 g/mol. The Morgan fingerprint density at radius 1 is 0.743 bits per heavy atom. The molecule has 6 nitrogen and oxygen atoms in total. The number of ether oxygens (including phenoxy) is 2. The monoisotopic (exact) mass is 462 g/mol. The molecule has 1 amide bonds. The van der Waals surface area contributed by atoms with E-state index in [0.717, 1.165) is 22.6 Å². The first-order chi connectivity index (χ1) is 17.1. The van der Waals surface area contributed by atoms with Gasteiger partial charge in [0.2, 0.25) is 0 Å². The number of nitrogens with zero attached hydrogens (tertiary/aromatic N) is 2. The predicted molar refractivity (Wildman–Crippen MR) is 134 cm³/mol. The summed E-state index contributed by atoms with van der Waals surface area (Å²) in [7, 11) is 1.35. The van der Waals surface area contributed by atoms with E-state index in [1.807, 2.05) is 71.6 Å². The number of amides is 1. The third-order valence-electron chi connectivity index (χ3n) is 5.73. The normalized spacial score (nSPS) is 13.4. The Bertz CT molecular complexity index is 1400. The Kier molecular flexibility index (Phi) is 6.09. The van der Waals surface area contributed by atoms with Gasteiger partial charge in [-0.15, -0.1) is 0 Å². The predicted octanol–water partition coefficient (Wildman–Crippen LogP) is 5.87. The van der Waals surface area contributed by atoms with Crippen LogP contribution in [-0.2, 0) is 11.3 Å². The van der Waals surface area contributed by atoms with Crippen molar-refractivity contribution in [2.45, 2.75) is 6.54 Å². The topological polar surface area (TPSA) is 68.2 Å². The van der Waals surface area contributed by atoms with E-state index in [1.165, 1.54) is 7.11 Å². The summed E-state index contributed by atoms with van der Waals surface area (Å²) in [5, 5.41) is 0. The Morgan fingerprint density at radius 2 is 1.37 bits per heavy atom. The number of benzene rings is 4. The maximum absolute atomic E-state index is 13.1. The molecule has 0 unspecified atom stereocenters. The molecule has 0 atom stereocenters. The number of hydrogen-bond donors (Lipinski definition) is 0. The summed E-state index contributed by atoms with van der Waals surface area (Å²) < 4.78 is 10.6. The number of methoxy groups -OCH3 is 1.